The fourth-order valence-corrected chi connectivity index (χ4v) is 4.12. The number of sulfone groups is 1. The molecule has 0 aliphatic carbocycles. The van der Waals surface area contributed by atoms with Gasteiger partial charge in [0.05, 0.1) is 11.5 Å². The molecule has 0 spiro atoms. The van der Waals surface area contributed by atoms with Crippen LogP contribution in [0.2, 0.25) is 0 Å². The van der Waals surface area contributed by atoms with Crippen LogP contribution in [-0.2, 0) is 19.9 Å². The molecule has 0 bridgehead atoms. The van der Waals surface area contributed by atoms with Crippen LogP contribution in [0, 0.1) is 6.92 Å². The van der Waals surface area contributed by atoms with Crippen molar-refractivity contribution in [1.29, 1.82) is 0 Å². The average Bonchev–Trinajstić information content (AvgIpc) is 2.20. The molecule has 8 heteroatoms. The van der Waals surface area contributed by atoms with Gasteiger partial charge >= 0.3 is 0 Å². The monoisotopic (exact) mass is 355 g/mol. The summed E-state index contributed by atoms with van der Waals surface area (Å²) in [5.74, 6) is -0.835. The van der Waals surface area contributed by atoms with E-state index < -0.39 is 31.4 Å². The molecule has 18 heavy (non-hydrogen) atoms. The van der Waals surface area contributed by atoms with Crippen molar-refractivity contribution in [3.63, 3.8) is 0 Å². The lowest BCUT2D eigenvalue weighted by Gasteiger charge is -2.08. The summed E-state index contributed by atoms with van der Waals surface area (Å²) in [7, 11) is -6.93. The Hall–Kier alpha value is -0.600. The molecule has 0 aromatic heterocycles. The summed E-state index contributed by atoms with van der Waals surface area (Å²) in [5.41, 5.74) is 1.31. The summed E-state index contributed by atoms with van der Waals surface area (Å²) < 4.78 is 48.4. The molecule has 5 nitrogen and oxygen atoms in total. The van der Waals surface area contributed by atoms with Gasteiger partial charge < -0.3 is 0 Å². The third-order valence-corrected chi connectivity index (χ3v) is 5.54. The van der Waals surface area contributed by atoms with E-state index in [9.17, 15) is 16.8 Å². The highest BCUT2D eigenvalue weighted by atomic mass is 79.9. The summed E-state index contributed by atoms with van der Waals surface area (Å²) in [6, 6.07) is 5.00. The van der Waals surface area contributed by atoms with Gasteiger partial charge in [-0.3, -0.25) is 4.72 Å². The van der Waals surface area contributed by atoms with Crippen LogP contribution in [0.4, 0.5) is 5.69 Å². The van der Waals surface area contributed by atoms with Crippen LogP contribution in [-0.4, -0.2) is 34.6 Å². The first-order valence-corrected chi connectivity index (χ1v) is 9.54. The number of sulfonamides is 1. The van der Waals surface area contributed by atoms with E-state index in [2.05, 4.69) is 20.7 Å². The maximum absolute atomic E-state index is 11.7. The fourth-order valence-electron chi connectivity index (χ4n) is 1.20. The molecule has 0 atom stereocenters. The second-order valence-corrected chi connectivity index (χ2v) is 8.97. The number of halogens is 1. The summed E-state index contributed by atoms with van der Waals surface area (Å²) in [4.78, 5) is 0. The number of hydrogen-bond acceptors (Lipinski definition) is 4. The molecule has 0 heterocycles. The van der Waals surface area contributed by atoms with Gasteiger partial charge in [0.15, 0.2) is 0 Å². The van der Waals surface area contributed by atoms with Crippen LogP contribution in [0.3, 0.4) is 0 Å². The maximum Gasteiger partial charge on any atom is 0.233 e. The van der Waals surface area contributed by atoms with Crippen molar-refractivity contribution in [3.8, 4) is 0 Å². The number of benzene rings is 1. The van der Waals surface area contributed by atoms with Crippen LogP contribution in [0.15, 0.2) is 22.7 Å². The summed E-state index contributed by atoms with van der Waals surface area (Å²) in [6.07, 6.45) is 1.01. The Labute approximate surface area is 116 Å². The zero-order chi connectivity index (χ0) is 14.0. The average molecular weight is 356 g/mol. The lowest BCUT2D eigenvalue weighted by molar-refractivity contribution is 0.593. The Morgan fingerprint density at radius 1 is 1.17 bits per heavy atom. The van der Waals surface area contributed by atoms with E-state index in [0.29, 0.717) is 5.69 Å². The SMILES string of the molecule is Cc1cc(NS(=O)(=O)CCS(C)(=O)=O)ccc1Br. The van der Waals surface area contributed by atoms with E-state index in [1.807, 2.05) is 6.92 Å². The van der Waals surface area contributed by atoms with Crippen LogP contribution < -0.4 is 4.72 Å². The largest absolute Gasteiger partial charge is 0.284 e. The van der Waals surface area contributed by atoms with Gasteiger partial charge in [-0.2, -0.15) is 0 Å². The summed E-state index contributed by atoms with van der Waals surface area (Å²) in [5, 5.41) is 0. The minimum absolute atomic E-state index is 0.391. The van der Waals surface area contributed by atoms with Crippen LogP contribution >= 0.6 is 15.9 Å². The standard InChI is InChI=1S/C10H14BrNO4S2/c1-8-7-9(3-4-10(8)11)12-18(15,16)6-5-17(2,13)14/h3-4,7,12H,5-6H2,1-2H3. The van der Waals surface area contributed by atoms with Crippen molar-refractivity contribution in [1.82, 2.24) is 0 Å². The van der Waals surface area contributed by atoms with Crippen LogP contribution in [0.1, 0.15) is 5.56 Å². The maximum atomic E-state index is 11.7. The molecule has 0 aliphatic rings. The van der Waals surface area contributed by atoms with Crippen molar-refractivity contribution < 1.29 is 16.8 Å². The fraction of sp³-hybridized carbons (Fsp3) is 0.400. The van der Waals surface area contributed by atoms with Crippen LogP contribution in [0.25, 0.3) is 0 Å². The van der Waals surface area contributed by atoms with E-state index in [1.54, 1.807) is 18.2 Å². The Morgan fingerprint density at radius 2 is 1.78 bits per heavy atom. The normalized spacial score (nSPS) is 12.4. The van der Waals surface area contributed by atoms with Crippen molar-refractivity contribution in [2.45, 2.75) is 6.92 Å². The smallest absolute Gasteiger partial charge is 0.233 e. The summed E-state index contributed by atoms with van der Waals surface area (Å²) in [6.45, 7) is 1.83. The third kappa shape index (κ3) is 5.36. The minimum atomic E-state index is -3.64. The highest BCUT2D eigenvalue weighted by Crippen LogP contribution is 2.20. The molecule has 102 valence electrons. The Morgan fingerprint density at radius 3 is 2.28 bits per heavy atom. The molecule has 0 aliphatic heterocycles. The molecule has 1 aromatic carbocycles. The molecule has 0 saturated carbocycles. The zero-order valence-corrected chi connectivity index (χ0v) is 13.2. The molecule has 1 N–H and O–H groups in total. The van der Waals surface area contributed by atoms with E-state index in [-0.39, 0.29) is 0 Å². The van der Waals surface area contributed by atoms with Crippen molar-refractivity contribution in [3.05, 3.63) is 28.2 Å². The molecule has 1 rings (SSSR count). The predicted octanol–water partition coefficient (Wildman–Crippen LogP) is 1.54. The van der Waals surface area contributed by atoms with Gasteiger partial charge in [-0.1, -0.05) is 15.9 Å². The number of aryl methyl sites for hydroxylation is 1. The van der Waals surface area contributed by atoms with Gasteiger partial charge in [-0.15, -0.1) is 0 Å². The lowest BCUT2D eigenvalue weighted by atomic mass is 10.2. The first kappa shape index (κ1) is 15.5. The molecular formula is C10H14BrNO4S2. The molecule has 0 saturated heterocycles. The quantitative estimate of drug-likeness (QED) is 0.868. The van der Waals surface area contributed by atoms with E-state index in [1.165, 1.54) is 0 Å². The number of rotatable bonds is 5. The van der Waals surface area contributed by atoms with Crippen molar-refractivity contribution in [2.75, 3.05) is 22.5 Å². The number of hydrogen-bond donors (Lipinski definition) is 1. The van der Waals surface area contributed by atoms with E-state index >= 15 is 0 Å². The lowest BCUT2D eigenvalue weighted by Crippen LogP contribution is -2.22. The molecule has 0 amide bonds. The number of anilines is 1. The Balaban J connectivity index is 2.80. The first-order valence-electron chi connectivity index (χ1n) is 5.03. The first-order chi connectivity index (χ1) is 8.09. The van der Waals surface area contributed by atoms with Gasteiger partial charge in [-0.25, -0.2) is 16.8 Å². The van der Waals surface area contributed by atoms with Crippen molar-refractivity contribution >= 4 is 41.5 Å². The molecule has 1 aromatic rings. The van der Waals surface area contributed by atoms with Crippen molar-refractivity contribution in [2.24, 2.45) is 0 Å². The molecule has 0 radical (unpaired) electrons. The van der Waals surface area contributed by atoms with Gasteiger partial charge in [-0.05, 0) is 30.7 Å². The molecule has 0 unspecified atom stereocenters. The Bertz CT molecular complexity index is 638. The Kier molecular flexibility index (Phi) is 4.79. The topological polar surface area (TPSA) is 80.3 Å². The second kappa shape index (κ2) is 5.58. The zero-order valence-electron chi connectivity index (χ0n) is 9.97. The molecular weight excluding hydrogens is 342 g/mol. The highest BCUT2D eigenvalue weighted by molar-refractivity contribution is 9.10. The highest BCUT2D eigenvalue weighted by Gasteiger charge is 2.14. The summed E-state index contributed by atoms with van der Waals surface area (Å²) >= 11 is 3.31. The van der Waals surface area contributed by atoms with Gasteiger partial charge in [0.2, 0.25) is 10.0 Å². The van der Waals surface area contributed by atoms with Gasteiger partial charge in [0.25, 0.3) is 0 Å². The third-order valence-electron chi connectivity index (χ3n) is 2.15. The second-order valence-electron chi connectivity index (χ2n) is 4.01. The van der Waals surface area contributed by atoms with E-state index in [4.69, 9.17) is 0 Å². The van der Waals surface area contributed by atoms with Crippen LogP contribution in [0.5, 0.6) is 0 Å². The van der Waals surface area contributed by atoms with E-state index in [0.717, 1.165) is 16.3 Å². The van der Waals surface area contributed by atoms with Gasteiger partial charge in [0.1, 0.15) is 9.84 Å². The minimum Gasteiger partial charge on any atom is -0.284 e. The molecule has 0 fully saturated rings. The predicted molar refractivity (Wildman–Crippen MR) is 76.0 cm³/mol. The number of nitrogens with one attached hydrogen (secondary N) is 1. The van der Waals surface area contributed by atoms with Gasteiger partial charge in [0, 0.05) is 16.4 Å².